The third-order valence-electron chi connectivity index (χ3n) is 6.80. The van der Waals surface area contributed by atoms with E-state index in [1.165, 1.54) is 27.2 Å². The Balaban J connectivity index is 1.59. The van der Waals surface area contributed by atoms with Crippen LogP contribution in [0.4, 0.5) is 5.69 Å². The van der Waals surface area contributed by atoms with Crippen LogP contribution in [0.3, 0.4) is 0 Å². The van der Waals surface area contributed by atoms with Gasteiger partial charge in [0.2, 0.25) is 11.8 Å². The molecule has 3 aromatic carbocycles. The normalized spacial score (nSPS) is 26.8. The number of rotatable bonds is 1. The molecule has 1 aliphatic heterocycles. The lowest BCUT2D eigenvalue weighted by Crippen LogP contribution is -2.41. The molecule has 0 saturated carbocycles. The Hall–Kier alpha value is -3.20. The van der Waals surface area contributed by atoms with Crippen LogP contribution in [0, 0.1) is 18.8 Å². The monoisotopic (exact) mass is 365 g/mol. The fourth-order valence-electron chi connectivity index (χ4n) is 5.73. The zero-order chi connectivity index (χ0) is 19.0. The minimum absolute atomic E-state index is 0.0483. The van der Waals surface area contributed by atoms with E-state index in [9.17, 15) is 9.59 Å². The number of carbonyl (C=O) groups is 2. The number of imide groups is 1. The fourth-order valence-corrected chi connectivity index (χ4v) is 5.73. The van der Waals surface area contributed by atoms with Gasteiger partial charge in [-0.05, 0) is 40.8 Å². The smallest absolute Gasteiger partial charge is 0.238 e. The second-order valence-corrected chi connectivity index (χ2v) is 8.06. The van der Waals surface area contributed by atoms with Crippen LogP contribution in [-0.4, -0.2) is 11.8 Å². The van der Waals surface area contributed by atoms with Crippen molar-refractivity contribution in [2.24, 2.45) is 11.8 Å². The van der Waals surface area contributed by atoms with Gasteiger partial charge in [0.1, 0.15) is 0 Å². The van der Waals surface area contributed by atoms with E-state index < -0.39 is 0 Å². The topological polar surface area (TPSA) is 37.4 Å². The van der Waals surface area contributed by atoms with E-state index in [4.69, 9.17) is 0 Å². The van der Waals surface area contributed by atoms with Crippen molar-refractivity contribution in [1.82, 2.24) is 0 Å². The number of nitrogens with zero attached hydrogens (tertiary/aromatic N) is 1. The highest BCUT2D eigenvalue weighted by Gasteiger charge is 2.61. The van der Waals surface area contributed by atoms with E-state index in [1.807, 2.05) is 55.5 Å². The summed E-state index contributed by atoms with van der Waals surface area (Å²) in [7, 11) is 0. The van der Waals surface area contributed by atoms with Gasteiger partial charge >= 0.3 is 0 Å². The summed E-state index contributed by atoms with van der Waals surface area (Å²) in [6.45, 7) is 1.95. The fraction of sp³-hybridized carbons (Fsp3) is 0.200. The van der Waals surface area contributed by atoms with Crippen molar-refractivity contribution in [3.8, 4) is 0 Å². The van der Waals surface area contributed by atoms with Gasteiger partial charge in [0, 0.05) is 11.8 Å². The maximum absolute atomic E-state index is 13.6. The van der Waals surface area contributed by atoms with Gasteiger partial charge in [-0.25, -0.2) is 4.90 Å². The average molecular weight is 365 g/mol. The molecule has 0 spiro atoms. The summed E-state index contributed by atoms with van der Waals surface area (Å²) in [5, 5.41) is 0. The van der Waals surface area contributed by atoms with E-state index in [0.29, 0.717) is 0 Å². The van der Waals surface area contributed by atoms with Crippen LogP contribution in [-0.2, 0) is 9.59 Å². The number of anilines is 1. The first-order valence-corrected chi connectivity index (χ1v) is 9.79. The zero-order valence-electron chi connectivity index (χ0n) is 15.5. The molecule has 3 heteroatoms. The Morgan fingerprint density at radius 3 is 1.43 bits per heavy atom. The van der Waals surface area contributed by atoms with Crippen molar-refractivity contribution >= 4 is 17.5 Å². The van der Waals surface area contributed by atoms with Crippen molar-refractivity contribution in [1.29, 1.82) is 0 Å². The molecule has 0 unspecified atom stereocenters. The molecule has 1 heterocycles. The number of para-hydroxylation sites is 1. The van der Waals surface area contributed by atoms with E-state index >= 15 is 0 Å². The number of carbonyl (C=O) groups excluding carboxylic acids is 2. The van der Waals surface area contributed by atoms with Crippen molar-refractivity contribution in [2.75, 3.05) is 4.90 Å². The van der Waals surface area contributed by atoms with Gasteiger partial charge in [0.05, 0.1) is 17.5 Å². The number of aryl methyl sites for hydroxylation is 1. The van der Waals surface area contributed by atoms with Gasteiger partial charge in [-0.15, -0.1) is 0 Å². The summed E-state index contributed by atoms with van der Waals surface area (Å²) in [5.41, 5.74) is 6.51. The summed E-state index contributed by atoms with van der Waals surface area (Å²) >= 11 is 0. The molecule has 0 N–H and O–H groups in total. The molecule has 1 fully saturated rings. The molecule has 2 bridgehead atoms. The van der Waals surface area contributed by atoms with Crippen LogP contribution < -0.4 is 4.90 Å². The van der Waals surface area contributed by atoms with Gasteiger partial charge in [0.25, 0.3) is 0 Å². The van der Waals surface area contributed by atoms with Crippen LogP contribution in [0.2, 0.25) is 0 Å². The summed E-state index contributed by atoms with van der Waals surface area (Å²) in [5.74, 6) is -0.837. The highest BCUT2D eigenvalue weighted by Crippen LogP contribution is 2.61. The Bertz CT molecular complexity index is 1050. The van der Waals surface area contributed by atoms with Crippen LogP contribution in [0.5, 0.6) is 0 Å². The van der Waals surface area contributed by atoms with E-state index in [0.717, 1.165) is 11.3 Å². The SMILES string of the molecule is Cc1ccccc1N1C(=O)[C@@H]2C3c4ccccc4C(c4ccccc43)[C@H]2C1=O. The first-order valence-electron chi connectivity index (χ1n) is 9.79. The average Bonchev–Trinajstić information content (AvgIpc) is 2.99. The lowest BCUT2D eigenvalue weighted by molar-refractivity contribution is -0.122. The molecule has 2 atom stereocenters. The van der Waals surface area contributed by atoms with E-state index in [2.05, 4.69) is 24.3 Å². The number of hydrogen-bond acceptors (Lipinski definition) is 2. The lowest BCUT2D eigenvalue weighted by Gasteiger charge is -2.45. The molecule has 1 saturated heterocycles. The quantitative estimate of drug-likeness (QED) is 0.600. The summed E-state index contributed by atoms with van der Waals surface area (Å²) < 4.78 is 0. The number of amides is 2. The molecule has 3 nitrogen and oxygen atoms in total. The lowest BCUT2D eigenvalue weighted by atomic mass is 9.55. The zero-order valence-corrected chi connectivity index (χ0v) is 15.5. The van der Waals surface area contributed by atoms with Crippen molar-refractivity contribution in [3.05, 3.63) is 101 Å². The molecule has 136 valence electrons. The van der Waals surface area contributed by atoms with Gasteiger partial charge < -0.3 is 0 Å². The maximum Gasteiger partial charge on any atom is 0.238 e. The number of benzene rings is 3. The molecule has 28 heavy (non-hydrogen) atoms. The van der Waals surface area contributed by atoms with Gasteiger partial charge in [-0.2, -0.15) is 0 Å². The van der Waals surface area contributed by atoms with Crippen LogP contribution in [0.1, 0.15) is 39.7 Å². The van der Waals surface area contributed by atoms with Crippen LogP contribution in [0.15, 0.2) is 72.8 Å². The molecule has 7 rings (SSSR count). The first-order chi connectivity index (χ1) is 13.7. The molecule has 3 aromatic rings. The predicted octanol–water partition coefficient (Wildman–Crippen LogP) is 4.39. The Morgan fingerprint density at radius 2 is 1.00 bits per heavy atom. The Morgan fingerprint density at radius 1 is 0.607 bits per heavy atom. The Kier molecular flexibility index (Phi) is 3.06. The molecule has 0 aromatic heterocycles. The van der Waals surface area contributed by atoms with Gasteiger partial charge in [0.15, 0.2) is 0 Å². The standard InChI is InChI=1S/C25H19NO2/c1-14-8-2-7-13-19(14)26-24(27)22-20-15-9-3-4-10-16(15)21(23(22)25(26)28)18-12-6-5-11-17(18)20/h2-13,20-23H,1H3/t20?,21?,22-,23-/m1/s1. The minimum Gasteiger partial charge on any atom is -0.274 e. The summed E-state index contributed by atoms with van der Waals surface area (Å²) in [4.78, 5) is 28.7. The Labute approximate surface area is 163 Å². The third kappa shape index (κ3) is 1.79. The van der Waals surface area contributed by atoms with Crippen LogP contribution >= 0.6 is 0 Å². The van der Waals surface area contributed by atoms with Crippen molar-refractivity contribution in [2.45, 2.75) is 18.8 Å². The highest BCUT2D eigenvalue weighted by molar-refractivity contribution is 6.23. The van der Waals surface area contributed by atoms with Crippen molar-refractivity contribution < 1.29 is 9.59 Å². The van der Waals surface area contributed by atoms with Crippen LogP contribution in [0.25, 0.3) is 0 Å². The molecule has 4 aliphatic rings. The third-order valence-corrected chi connectivity index (χ3v) is 6.80. The number of hydrogen-bond donors (Lipinski definition) is 0. The van der Waals surface area contributed by atoms with Crippen molar-refractivity contribution in [3.63, 3.8) is 0 Å². The minimum atomic E-state index is -0.318. The molecule has 2 amide bonds. The predicted molar refractivity (Wildman–Crippen MR) is 107 cm³/mol. The van der Waals surface area contributed by atoms with E-state index in [1.54, 1.807) is 0 Å². The second kappa shape index (κ2) is 5.41. The highest BCUT2D eigenvalue weighted by atomic mass is 16.2. The van der Waals surface area contributed by atoms with Gasteiger partial charge in [-0.3, -0.25) is 9.59 Å². The largest absolute Gasteiger partial charge is 0.274 e. The summed E-state index contributed by atoms with van der Waals surface area (Å²) in [6.07, 6.45) is 0. The first kappa shape index (κ1) is 15.8. The molecular weight excluding hydrogens is 346 g/mol. The second-order valence-electron chi connectivity index (χ2n) is 8.06. The van der Waals surface area contributed by atoms with E-state index in [-0.39, 0.29) is 35.5 Å². The molecule has 3 aliphatic carbocycles. The molecule has 0 radical (unpaired) electrons. The van der Waals surface area contributed by atoms with Gasteiger partial charge in [-0.1, -0.05) is 66.7 Å². The maximum atomic E-state index is 13.6. The molecular formula is C25H19NO2. The summed E-state index contributed by atoms with van der Waals surface area (Å²) in [6, 6.07) is 24.3.